The number of pyridine rings is 1. The normalized spacial score (nSPS) is 10.5. The molecular weight excluding hydrogens is 332 g/mol. The van der Waals surface area contributed by atoms with Crippen LogP contribution in [-0.4, -0.2) is 9.49 Å². The summed E-state index contributed by atoms with van der Waals surface area (Å²) >= 11 is 0. The van der Waals surface area contributed by atoms with Gasteiger partial charge in [0, 0.05) is 23.9 Å². The minimum atomic E-state index is -0.415. The van der Waals surface area contributed by atoms with Crippen LogP contribution in [-0.2, 0) is 13.2 Å². The van der Waals surface area contributed by atoms with Gasteiger partial charge in [-0.3, -0.25) is 14.9 Å². The molecular formula is C20H18N2O4. The minimum absolute atomic E-state index is 0.0540. The highest BCUT2D eigenvalue weighted by Crippen LogP contribution is 2.21. The van der Waals surface area contributed by atoms with E-state index in [9.17, 15) is 14.9 Å². The molecule has 0 saturated heterocycles. The van der Waals surface area contributed by atoms with Crippen molar-refractivity contribution in [3.05, 3.63) is 104 Å². The van der Waals surface area contributed by atoms with Crippen molar-refractivity contribution in [1.29, 1.82) is 0 Å². The third kappa shape index (κ3) is 3.97. The number of ether oxygens (including phenoxy) is 1. The summed E-state index contributed by atoms with van der Waals surface area (Å²) in [5.74, 6) is 0.492. The molecule has 0 unspecified atom stereocenters. The van der Waals surface area contributed by atoms with Gasteiger partial charge in [0.1, 0.15) is 12.4 Å². The van der Waals surface area contributed by atoms with E-state index >= 15 is 0 Å². The first-order valence-electron chi connectivity index (χ1n) is 8.14. The summed E-state index contributed by atoms with van der Waals surface area (Å²) in [6.45, 7) is 2.34. The van der Waals surface area contributed by atoms with Crippen molar-refractivity contribution in [2.45, 2.75) is 20.1 Å². The fourth-order valence-corrected chi connectivity index (χ4v) is 2.67. The lowest BCUT2D eigenvalue weighted by Gasteiger charge is -2.11. The van der Waals surface area contributed by atoms with Gasteiger partial charge in [-0.05, 0) is 24.1 Å². The molecule has 0 aliphatic heterocycles. The van der Waals surface area contributed by atoms with Crippen LogP contribution in [0.4, 0.5) is 5.69 Å². The smallest absolute Gasteiger partial charge is 0.272 e. The summed E-state index contributed by atoms with van der Waals surface area (Å²) in [5.41, 5.74) is 2.15. The second-order valence-electron chi connectivity index (χ2n) is 5.92. The lowest BCUT2D eigenvalue weighted by Crippen LogP contribution is -2.19. The van der Waals surface area contributed by atoms with Gasteiger partial charge in [-0.2, -0.15) is 0 Å². The molecule has 0 spiro atoms. The molecule has 0 aliphatic carbocycles. The van der Waals surface area contributed by atoms with Gasteiger partial charge in [-0.15, -0.1) is 0 Å². The van der Waals surface area contributed by atoms with E-state index < -0.39 is 4.92 Å². The molecule has 3 rings (SSSR count). The quantitative estimate of drug-likeness (QED) is 0.502. The Hall–Kier alpha value is -3.41. The number of aromatic nitrogens is 1. The van der Waals surface area contributed by atoms with Crippen molar-refractivity contribution in [2.75, 3.05) is 0 Å². The minimum Gasteiger partial charge on any atom is -0.489 e. The summed E-state index contributed by atoms with van der Waals surface area (Å²) in [7, 11) is 0. The maximum Gasteiger partial charge on any atom is 0.272 e. The number of hydrogen-bond acceptors (Lipinski definition) is 4. The highest BCUT2D eigenvalue weighted by atomic mass is 16.6. The number of nitro groups is 1. The third-order valence-electron chi connectivity index (χ3n) is 4.17. The number of benzene rings is 2. The molecule has 6 nitrogen and oxygen atoms in total. The predicted molar refractivity (Wildman–Crippen MR) is 98.4 cm³/mol. The van der Waals surface area contributed by atoms with Gasteiger partial charge < -0.3 is 9.30 Å². The third-order valence-corrected chi connectivity index (χ3v) is 4.17. The van der Waals surface area contributed by atoms with E-state index in [1.54, 1.807) is 31.3 Å². The molecule has 0 N–H and O–H groups in total. The van der Waals surface area contributed by atoms with Crippen LogP contribution in [0.3, 0.4) is 0 Å². The zero-order valence-electron chi connectivity index (χ0n) is 14.3. The van der Waals surface area contributed by atoms with E-state index in [0.717, 1.165) is 11.1 Å². The molecule has 0 amide bonds. The van der Waals surface area contributed by atoms with E-state index in [1.807, 2.05) is 30.3 Å². The van der Waals surface area contributed by atoms with Crippen molar-refractivity contribution < 1.29 is 9.66 Å². The summed E-state index contributed by atoms with van der Waals surface area (Å²) in [6, 6.07) is 17.7. The molecule has 0 aliphatic rings. The van der Waals surface area contributed by atoms with Crippen LogP contribution in [0.1, 0.15) is 16.7 Å². The second-order valence-corrected chi connectivity index (χ2v) is 5.92. The van der Waals surface area contributed by atoms with Crippen LogP contribution in [0.15, 0.2) is 71.7 Å². The summed E-state index contributed by atoms with van der Waals surface area (Å²) in [5, 5.41) is 11.0. The van der Waals surface area contributed by atoms with Crippen LogP contribution in [0.5, 0.6) is 5.75 Å². The Kier molecular flexibility index (Phi) is 5.12. The standard InChI is InChI=1S/C20H18N2O4/c1-15-17(8-5-9-19(15)22(24)25)13-21-11-10-18(12-20(21)23)26-14-16-6-3-2-4-7-16/h2-12H,13-14H2,1H3. The van der Waals surface area contributed by atoms with E-state index in [-0.39, 0.29) is 17.8 Å². The van der Waals surface area contributed by atoms with Gasteiger partial charge in [0.25, 0.3) is 11.2 Å². The molecule has 26 heavy (non-hydrogen) atoms. The van der Waals surface area contributed by atoms with Crippen LogP contribution in [0, 0.1) is 17.0 Å². The molecule has 0 saturated carbocycles. The molecule has 1 heterocycles. The second kappa shape index (κ2) is 7.65. The zero-order valence-corrected chi connectivity index (χ0v) is 14.3. The van der Waals surface area contributed by atoms with Gasteiger partial charge in [-0.25, -0.2) is 0 Å². The predicted octanol–water partition coefficient (Wildman–Crippen LogP) is 3.69. The first-order valence-corrected chi connectivity index (χ1v) is 8.14. The Balaban J connectivity index is 1.75. The Morgan fingerprint density at radius 3 is 2.54 bits per heavy atom. The molecule has 0 radical (unpaired) electrons. The van der Waals surface area contributed by atoms with Gasteiger partial charge in [0.15, 0.2) is 0 Å². The Bertz CT molecular complexity index is 981. The van der Waals surface area contributed by atoms with Crippen molar-refractivity contribution >= 4 is 5.69 Å². The Labute approximate surface area is 150 Å². The molecule has 6 heteroatoms. The Morgan fingerprint density at radius 1 is 1.08 bits per heavy atom. The van der Waals surface area contributed by atoms with E-state index in [1.165, 1.54) is 16.7 Å². The highest BCUT2D eigenvalue weighted by Gasteiger charge is 2.13. The number of hydrogen-bond donors (Lipinski definition) is 0. The zero-order chi connectivity index (χ0) is 18.5. The van der Waals surface area contributed by atoms with Crippen molar-refractivity contribution in [3.8, 4) is 5.75 Å². The largest absolute Gasteiger partial charge is 0.489 e. The topological polar surface area (TPSA) is 74.4 Å². The lowest BCUT2D eigenvalue weighted by atomic mass is 10.1. The average Bonchev–Trinajstić information content (AvgIpc) is 2.64. The number of nitrogens with zero attached hydrogens (tertiary/aromatic N) is 2. The molecule has 2 aromatic carbocycles. The van der Waals surface area contributed by atoms with Crippen LogP contribution < -0.4 is 10.3 Å². The highest BCUT2D eigenvalue weighted by molar-refractivity contribution is 5.44. The lowest BCUT2D eigenvalue weighted by molar-refractivity contribution is -0.385. The van der Waals surface area contributed by atoms with Gasteiger partial charge >= 0.3 is 0 Å². The van der Waals surface area contributed by atoms with E-state index in [0.29, 0.717) is 17.9 Å². The number of rotatable bonds is 6. The molecule has 3 aromatic rings. The van der Waals surface area contributed by atoms with Gasteiger partial charge in [-0.1, -0.05) is 42.5 Å². The van der Waals surface area contributed by atoms with Crippen molar-refractivity contribution in [2.24, 2.45) is 0 Å². The maximum atomic E-state index is 12.3. The Morgan fingerprint density at radius 2 is 1.85 bits per heavy atom. The molecule has 132 valence electrons. The summed E-state index contributed by atoms with van der Waals surface area (Å²) < 4.78 is 7.15. The first-order chi connectivity index (χ1) is 12.5. The fraction of sp³-hybridized carbons (Fsp3) is 0.150. The summed E-state index contributed by atoms with van der Waals surface area (Å²) in [4.78, 5) is 23.0. The van der Waals surface area contributed by atoms with Crippen molar-refractivity contribution in [3.63, 3.8) is 0 Å². The molecule has 0 atom stereocenters. The van der Waals surface area contributed by atoms with Crippen LogP contribution >= 0.6 is 0 Å². The molecule has 1 aromatic heterocycles. The molecule has 0 fully saturated rings. The molecule has 0 bridgehead atoms. The van der Waals surface area contributed by atoms with Crippen LogP contribution in [0.2, 0.25) is 0 Å². The van der Waals surface area contributed by atoms with Crippen molar-refractivity contribution in [1.82, 2.24) is 4.57 Å². The van der Waals surface area contributed by atoms with E-state index in [2.05, 4.69) is 0 Å². The number of nitro benzene ring substituents is 1. The average molecular weight is 350 g/mol. The summed E-state index contributed by atoms with van der Waals surface area (Å²) in [6.07, 6.45) is 1.64. The first kappa shape index (κ1) is 17.4. The monoisotopic (exact) mass is 350 g/mol. The maximum absolute atomic E-state index is 12.3. The van der Waals surface area contributed by atoms with Crippen LogP contribution in [0.25, 0.3) is 0 Å². The van der Waals surface area contributed by atoms with E-state index in [4.69, 9.17) is 4.74 Å². The fourth-order valence-electron chi connectivity index (χ4n) is 2.67. The van der Waals surface area contributed by atoms with Gasteiger partial charge in [0.05, 0.1) is 11.5 Å². The SMILES string of the molecule is Cc1c(Cn2ccc(OCc3ccccc3)cc2=O)cccc1[N+](=O)[O-]. The van der Waals surface area contributed by atoms with Gasteiger partial charge in [0.2, 0.25) is 0 Å².